The van der Waals surface area contributed by atoms with Crippen LogP contribution in [0.4, 0.5) is 4.39 Å². The van der Waals surface area contributed by atoms with Crippen LogP contribution in [-0.2, 0) is 6.54 Å². The van der Waals surface area contributed by atoms with E-state index in [0.717, 1.165) is 55.2 Å². The van der Waals surface area contributed by atoms with Crippen LogP contribution in [0.5, 0.6) is 11.5 Å². The van der Waals surface area contributed by atoms with Gasteiger partial charge in [0.1, 0.15) is 5.82 Å². The molecule has 0 aromatic heterocycles. The zero-order valence-electron chi connectivity index (χ0n) is 14.2. The van der Waals surface area contributed by atoms with Crippen LogP contribution in [0.15, 0.2) is 42.5 Å². The predicted octanol–water partition coefficient (Wildman–Crippen LogP) is 3.13. The van der Waals surface area contributed by atoms with Crippen molar-refractivity contribution in [2.45, 2.75) is 19.0 Å². The van der Waals surface area contributed by atoms with Crippen molar-refractivity contribution < 1.29 is 13.9 Å². The Bertz CT molecular complexity index is 737. The second-order valence-corrected chi connectivity index (χ2v) is 6.54. The largest absolute Gasteiger partial charge is 0.490 e. The lowest BCUT2D eigenvalue weighted by Gasteiger charge is -2.37. The Hall–Kier alpha value is -2.11. The van der Waals surface area contributed by atoms with Crippen molar-refractivity contribution in [1.29, 1.82) is 0 Å². The fourth-order valence-corrected chi connectivity index (χ4v) is 3.58. The van der Waals surface area contributed by atoms with Gasteiger partial charge in [-0.05, 0) is 23.8 Å². The monoisotopic (exact) mass is 342 g/mol. The highest BCUT2D eigenvalue weighted by atomic mass is 19.1. The number of ether oxygens (including phenoxy) is 2. The number of nitrogens with zero attached hydrogens (tertiary/aromatic N) is 1. The van der Waals surface area contributed by atoms with Crippen LogP contribution in [0.3, 0.4) is 0 Å². The molecule has 0 radical (unpaired) electrons. The Morgan fingerprint density at radius 3 is 2.92 bits per heavy atom. The van der Waals surface area contributed by atoms with Gasteiger partial charge in [-0.1, -0.05) is 24.3 Å². The summed E-state index contributed by atoms with van der Waals surface area (Å²) in [6, 6.07) is 13.1. The van der Waals surface area contributed by atoms with E-state index in [0.29, 0.717) is 13.2 Å². The molecule has 1 unspecified atom stereocenters. The molecule has 4 nitrogen and oxygen atoms in total. The zero-order chi connectivity index (χ0) is 17.1. The van der Waals surface area contributed by atoms with Crippen LogP contribution in [0.25, 0.3) is 0 Å². The van der Waals surface area contributed by atoms with Gasteiger partial charge in [-0.25, -0.2) is 4.39 Å². The van der Waals surface area contributed by atoms with E-state index in [9.17, 15) is 4.39 Å². The standard InChI is InChI=1S/C20H23FN2O2/c21-17-6-1-4-15(12-17)18-13-22-8-9-23(18)14-16-5-2-7-19-20(16)25-11-3-10-24-19/h1-2,4-7,12,18,22H,3,8-11,13-14H2. The molecule has 0 spiro atoms. The van der Waals surface area contributed by atoms with Crippen LogP contribution < -0.4 is 14.8 Å². The van der Waals surface area contributed by atoms with Crippen molar-refractivity contribution in [3.8, 4) is 11.5 Å². The molecule has 2 heterocycles. The lowest BCUT2D eigenvalue weighted by Crippen LogP contribution is -2.45. The number of nitrogens with one attached hydrogen (secondary N) is 1. The van der Waals surface area contributed by atoms with Gasteiger partial charge in [0.05, 0.1) is 13.2 Å². The van der Waals surface area contributed by atoms with Gasteiger partial charge < -0.3 is 14.8 Å². The van der Waals surface area contributed by atoms with Crippen LogP contribution >= 0.6 is 0 Å². The van der Waals surface area contributed by atoms with Crippen LogP contribution in [0.2, 0.25) is 0 Å². The van der Waals surface area contributed by atoms with Gasteiger partial charge in [-0.2, -0.15) is 0 Å². The molecule has 1 saturated heterocycles. The Kier molecular flexibility index (Phi) is 4.85. The predicted molar refractivity (Wildman–Crippen MR) is 94.5 cm³/mol. The molecular formula is C20H23FN2O2. The minimum atomic E-state index is -0.187. The van der Waals surface area contributed by atoms with Gasteiger partial charge in [0.25, 0.3) is 0 Å². The summed E-state index contributed by atoms with van der Waals surface area (Å²) in [7, 11) is 0. The summed E-state index contributed by atoms with van der Waals surface area (Å²) in [5, 5.41) is 3.42. The van der Waals surface area contributed by atoms with Crippen molar-refractivity contribution in [2.24, 2.45) is 0 Å². The highest BCUT2D eigenvalue weighted by molar-refractivity contribution is 5.47. The van der Waals surface area contributed by atoms with Gasteiger partial charge in [0.2, 0.25) is 0 Å². The lowest BCUT2D eigenvalue weighted by molar-refractivity contribution is 0.151. The first-order valence-corrected chi connectivity index (χ1v) is 8.89. The third-order valence-corrected chi connectivity index (χ3v) is 4.81. The molecule has 132 valence electrons. The summed E-state index contributed by atoms with van der Waals surface area (Å²) < 4.78 is 25.4. The fraction of sp³-hybridized carbons (Fsp3) is 0.400. The third-order valence-electron chi connectivity index (χ3n) is 4.81. The van der Waals surface area contributed by atoms with Gasteiger partial charge >= 0.3 is 0 Å². The summed E-state index contributed by atoms with van der Waals surface area (Å²) in [4.78, 5) is 2.38. The number of piperazine rings is 1. The number of halogens is 1. The van der Waals surface area contributed by atoms with Gasteiger partial charge in [0.15, 0.2) is 11.5 Å². The molecule has 2 aromatic rings. The Balaban J connectivity index is 1.60. The second kappa shape index (κ2) is 7.42. The molecule has 5 heteroatoms. The molecule has 2 aliphatic heterocycles. The topological polar surface area (TPSA) is 33.7 Å². The molecule has 2 aliphatic rings. The highest BCUT2D eigenvalue weighted by Crippen LogP contribution is 2.35. The Morgan fingerprint density at radius 2 is 2.00 bits per heavy atom. The Morgan fingerprint density at radius 1 is 1.12 bits per heavy atom. The first-order valence-electron chi connectivity index (χ1n) is 8.89. The average molecular weight is 342 g/mol. The normalized spacial score (nSPS) is 20.9. The smallest absolute Gasteiger partial charge is 0.165 e. The second-order valence-electron chi connectivity index (χ2n) is 6.54. The highest BCUT2D eigenvalue weighted by Gasteiger charge is 2.26. The number of rotatable bonds is 3. The van der Waals surface area contributed by atoms with Crippen molar-refractivity contribution in [3.63, 3.8) is 0 Å². The van der Waals surface area contributed by atoms with Gasteiger partial charge in [-0.15, -0.1) is 0 Å². The van der Waals surface area contributed by atoms with E-state index >= 15 is 0 Å². The van der Waals surface area contributed by atoms with E-state index < -0.39 is 0 Å². The molecule has 25 heavy (non-hydrogen) atoms. The number of fused-ring (bicyclic) bond motifs is 1. The third kappa shape index (κ3) is 3.62. The molecule has 0 saturated carbocycles. The van der Waals surface area contributed by atoms with E-state index in [2.05, 4.69) is 16.3 Å². The molecular weight excluding hydrogens is 319 g/mol. The van der Waals surface area contributed by atoms with E-state index in [-0.39, 0.29) is 11.9 Å². The quantitative estimate of drug-likeness (QED) is 0.929. The molecule has 2 aromatic carbocycles. The SMILES string of the molecule is Fc1cccc(C2CNCCN2Cc2cccc3c2OCCCO3)c1. The van der Waals surface area contributed by atoms with Crippen molar-refractivity contribution >= 4 is 0 Å². The molecule has 0 amide bonds. The average Bonchev–Trinajstić information content (AvgIpc) is 2.88. The van der Waals surface area contributed by atoms with Crippen LogP contribution in [0, 0.1) is 5.82 Å². The number of para-hydroxylation sites is 1. The van der Waals surface area contributed by atoms with Crippen LogP contribution in [-0.4, -0.2) is 37.7 Å². The first-order chi connectivity index (χ1) is 12.3. The van der Waals surface area contributed by atoms with Crippen LogP contribution in [0.1, 0.15) is 23.6 Å². The minimum Gasteiger partial charge on any atom is -0.490 e. The summed E-state index contributed by atoms with van der Waals surface area (Å²) in [6.07, 6.45) is 0.896. The molecule has 1 atom stereocenters. The Labute approximate surface area is 147 Å². The summed E-state index contributed by atoms with van der Waals surface area (Å²) in [6.45, 7) is 4.78. The zero-order valence-corrected chi connectivity index (χ0v) is 14.2. The molecule has 1 N–H and O–H groups in total. The fourth-order valence-electron chi connectivity index (χ4n) is 3.58. The van der Waals surface area contributed by atoms with E-state index in [4.69, 9.17) is 9.47 Å². The van der Waals surface area contributed by atoms with E-state index in [1.807, 2.05) is 18.2 Å². The van der Waals surface area contributed by atoms with Gasteiger partial charge in [-0.3, -0.25) is 4.90 Å². The molecule has 4 rings (SSSR count). The maximum absolute atomic E-state index is 13.7. The van der Waals surface area contributed by atoms with E-state index in [1.54, 1.807) is 12.1 Å². The number of benzene rings is 2. The summed E-state index contributed by atoms with van der Waals surface area (Å²) in [5.74, 6) is 1.50. The van der Waals surface area contributed by atoms with Crippen molar-refractivity contribution in [3.05, 3.63) is 59.4 Å². The van der Waals surface area contributed by atoms with Crippen molar-refractivity contribution in [2.75, 3.05) is 32.8 Å². The first kappa shape index (κ1) is 16.4. The lowest BCUT2D eigenvalue weighted by atomic mass is 10.0. The molecule has 0 aliphatic carbocycles. The van der Waals surface area contributed by atoms with Gasteiger partial charge in [0, 0.05) is 44.2 Å². The maximum Gasteiger partial charge on any atom is 0.165 e. The number of hydrogen-bond donors (Lipinski definition) is 1. The number of hydrogen-bond acceptors (Lipinski definition) is 4. The minimum absolute atomic E-state index is 0.145. The maximum atomic E-state index is 13.7. The summed E-state index contributed by atoms with van der Waals surface area (Å²) >= 11 is 0. The van der Waals surface area contributed by atoms with Crippen molar-refractivity contribution in [1.82, 2.24) is 10.2 Å². The van der Waals surface area contributed by atoms with E-state index in [1.165, 1.54) is 6.07 Å². The molecule has 0 bridgehead atoms. The molecule has 1 fully saturated rings. The summed E-state index contributed by atoms with van der Waals surface area (Å²) in [5.41, 5.74) is 2.13.